The molecule has 6 nitrogen and oxygen atoms in total. The van der Waals surface area contributed by atoms with E-state index in [0.29, 0.717) is 31.8 Å². The second-order valence-corrected chi connectivity index (χ2v) is 9.18. The number of benzene rings is 2. The summed E-state index contributed by atoms with van der Waals surface area (Å²) in [6.07, 6.45) is 2.56. The van der Waals surface area contributed by atoms with Gasteiger partial charge < -0.3 is 10.1 Å². The number of hydrogen-bond donors (Lipinski definition) is 1. The van der Waals surface area contributed by atoms with Crippen molar-refractivity contribution < 1.29 is 17.9 Å². The predicted octanol–water partition coefficient (Wildman–Crippen LogP) is 3.00. The number of fused-ring (bicyclic) bond motifs is 1. The van der Waals surface area contributed by atoms with Gasteiger partial charge in [0.2, 0.25) is 0 Å². The number of halogens is 1. The summed E-state index contributed by atoms with van der Waals surface area (Å²) in [6, 6.07) is 11.7. The number of para-hydroxylation sites is 1. The molecule has 8 heteroatoms. The third kappa shape index (κ3) is 3.62. The summed E-state index contributed by atoms with van der Waals surface area (Å²) in [4.78, 5) is 12.4. The quantitative estimate of drug-likeness (QED) is 0.806. The van der Waals surface area contributed by atoms with Crippen molar-refractivity contribution in [1.82, 2.24) is 5.32 Å². The van der Waals surface area contributed by atoms with Crippen LogP contribution in [0.4, 0.5) is 5.69 Å². The van der Waals surface area contributed by atoms with Crippen LogP contribution in [-0.4, -0.2) is 40.1 Å². The predicted molar refractivity (Wildman–Crippen MR) is 107 cm³/mol. The zero-order valence-corrected chi connectivity index (χ0v) is 16.8. The third-order valence-electron chi connectivity index (χ3n) is 5.12. The molecule has 2 heterocycles. The lowest BCUT2D eigenvalue weighted by molar-refractivity contribution is 0.0857. The van der Waals surface area contributed by atoms with Crippen molar-refractivity contribution in [3.63, 3.8) is 0 Å². The van der Waals surface area contributed by atoms with Gasteiger partial charge in [-0.1, -0.05) is 29.8 Å². The number of sulfonamides is 1. The summed E-state index contributed by atoms with van der Waals surface area (Å²) in [5.41, 5.74) is 1.90. The Morgan fingerprint density at radius 2 is 2.07 bits per heavy atom. The molecule has 4 rings (SSSR count). The Bertz CT molecular complexity index is 1000. The van der Waals surface area contributed by atoms with Crippen LogP contribution in [0.5, 0.6) is 0 Å². The van der Waals surface area contributed by atoms with E-state index in [0.717, 1.165) is 18.4 Å². The second-order valence-electron chi connectivity index (χ2n) is 6.95. The molecule has 2 aliphatic rings. The molecule has 0 saturated carbocycles. The van der Waals surface area contributed by atoms with Crippen LogP contribution >= 0.6 is 11.6 Å². The Labute approximate surface area is 169 Å². The summed E-state index contributed by atoms with van der Waals surface area (Å²) >= 11 is 6.21. The molecule has 28 heavy (non-hydrogen) atoms. The fourth-order valence-electron chi connectivity index (χ4n) is 3.63. The highest BCUT2D eigenvalue weighted by Crippen LogP contribution is 2.35. The van der Waals surface area contributed by atoms with E-state index in [2.05, 4.69) is 5.32 Å². The Hall–Kier alpha value is -2.09. The summed E-state index contributed by atoms with van der Waals surface area (Å²) in [5.74, 6) is -0.342. The number of nitrogens with one attached hydrogen (secondary N) is 1. The number of carbonyl (C=O) groups is 1. The minimum absolute atomic E-state index is 0.0144. The van der Waals surface area contributed by atoms with Crippen molar-refractivity contribution in [2.75, 3.05) is 24.0 Å². The van der Waals surface area contributed by atoms with Crippen molar-refractivity contribution in [2.24, 2.45) is 0 Å². The van der Waals surface area contributed by atoms with E-state index < -0.39 is 10.0 Å². The first-order valence-corrected chi connectivity index (χ1v) is 11.1. The second kappa shape index (κ2) is 7.73. The molecular weight excluding hydrogens is 400 g/mol. The molecule has 0 aliphatic carbocycles. The minimum Gasteiger partial charge on any atom is -0.376 e. The van der Waals surface area contributed by atoms with Crippen LogP contribution in [0.1, 0.15) is 28.8 Å². The first-order valence-electron chi connectivity index (χ1n) is 9.27. The molecule has 2 aromatic carbocycles. The van der Waals surface area contributed by atoms with Gasteiger partial charge in [0.1, 0.15) is 4.90 Å². The normalized spacial score (nSPS) is 18.9. The SMILES string of the molecule is O=C(NC[C@@H]1CCCO1)c1ccc(Cl)c(S(=O)(=O)N2CCc3ccccc32)c1. The van der Waals surface area contributed by atoms with Crippen LogP contribution in [0.2, 0.25) is 5.02 Å². The number of nitrogens with zero attached hydrogens (tertiary/aromatic N) is 1. The lowest BCUT2D eigenvalue weighted by Crippen LogP contribution is -2.32. The molecule has 2 aliphatic heterocycles. The molecule has 0 radical (unpaired) electrons. The third-order valence-corrected chi connectivity index (χ3v) is 7.42. The van der Waals surface area contributed by atoms with Crippen molar-refractivity contribution >= 4 is 33.2 Å². The van der Waals surface area contributed by atoms with E-state index in [9.17, 15) is 13.2 Å². The van der Waals surface area contributed by atoms with Crippen LogP contribution in [0.15, 0.2) is 47.4 Å². The van der Waals surface area contributed by atoms with Gasteiger partial charge in [0.05, 0.1) is 16.8 Å². The standard InChI is InChI=1S/C20H21ClN2O4S/c21-17-8-7-15(20(24)22-13-16-5-3-11-27-16)12-19(17)28(25,26)23-10-9-14-4-1-2-6-18(14)23/h1-2,4,6-8,12,16H,3,5,9-11,13H2,(H,22,24)/t16-/m0/s1. The topological polar surface area (TPSA) is 75.7 Å². The van der Waals surface area contributed by atoms with E-state index in [-0.39, 0.29) is 27.5 Å². The number of anilines is 1. The number of carbonyl (C=O) groups excluding carboxylic acids is 1. The van der Waals surface area contributed by atoms with Gasteiger partial charge >= 0.3 is 0 Å². The Morgan fingerprint density at radius 1 is 1.25 bits per heavy atom. The molecule has 1 atom stereocenters. The average Bonchev–Trinajstić information content (AvgIpc) is 3.36. The molecule has 1 saturated heterocycles. The van der Waals surface area contributed by atoms with Gasteiger partial charge in [0.15, 0.2) is 0 Å². The Kier molecular flexibility index (Phi) is 5.31. The summed E-state index contributed by atoms with van der Waals surface area (Å²) in [5, 5.41) is 2.91. The van der Waals surface area contributed by atoms with Gasteiger partial charge in [0, 0.05) is 25.3 Å². The summed E-state index contributed by atoms with van der Waals surface area (Å²) in [7, 11) is -3.87. The Balaban J connectivity index is 1.59. The minimum atomic E-state index is -3.87. The van der Waals surface area contributed by atoms with Crippen molar-refractivity contribution in [1.29, 1.82) is 0 Å². The first-order chi connectivity index (χ1) is 13.5. The van der Waals surface area contributed by atoms with Crippen LogP contribution in [0, 0.1) is 0 Å². The molecule has 1 amide bonds. The van der Waals surface area contributed by atoms with E-state index >= 15 is 0 Å². The largest absolute Gasteiger partial charge is 0.376 e. The number of rotatable bonds is 5. The number of amides is 1. The molecule has 1 N–H and O–H groups in total. The maximum absolute atomic E-state index is 13.2. The Morgan fingerprint density at radius 3 is 2.86 bits per heavy atom. The monoisotopic (exact) mass is 420 g/mol. The van der Waals surface area contributed by atoms with Crippen LogP contribution in [0.25, 0.3) is 0 Å². The zero-order chi connectivity index (χ0) is 19.7. The lowest BCUT2D eigenvalue weighted by atomic mass is 10.2. The molecule has 2 aromatic rings. The molecule has 0 unspecified atom stereocenters. The van der Waals surface area contributed by atoms with Crippen molar-refractivity contribution in [2.45, 2.75) is 30.3 Å². The molecular formula is C20H21ClN2O4S. The van der Waals surface area contributed by atoms with E-state index in [1.54, 1.807) is 6.07 Å². The molecule has 0 spiro atoms. The first kappa shape index (κ1) is 19.2. The number of hydrogen-bond acceptors (Lipinski definition) is 4. The van der Waals surface area contributed by atoms with E-state index in [1.807, 2.05) is 18.2 Å². The molecule has 1 fully saturated rings. The highest BCUT2D eigenvalue weighted by atomic mass is 35.5. The average molecular weight is 421 g/mol. The van der Waals surface area contributed by atoms with Crippen molar-refractivity contribution in [3.8, 4) is 0 Å². The maximum Gasteiger partial charge on any atom is 0.265 e. The van der Waals surface area contributed by atoms with Gasteiger partial charge in [-0.05, 0) is 49.1 Å². The molecule has 148 valence electrons. The van der Waals surface area contributed by atoms with Gasteiger partial charge in [-0.25, -0.2) is 8.42 Å². The van der Waals surface area contributed by atoms with Crippen LogP contribution < -0.4 is 9.62 Å². The van der Waals surface area contributed by atoms with Crippen LogP contribution in [0.3, 0.4) is 0 Å². The van der Waals surface area contributed by atoms with Gasteiger partial charge in [0.25, 0.3) is 15.9 Å². The fraction of sp³-hybridized carbons (Fsp3) is 0.350. The molecule has 0 bridgehead atoms. The fourth-order valence-corrected chi connectivity index (χ4v) is 5.64. The summed E-state index contributed by atoms with van der Waals surface area (Å²) in [6.45, 7) is 1.47. The highest BCUT2D eigenvalue weighted by Gasteiger charge is 2.32. The van der Waals surface area contributed by atoms with Crippen molar-refractivity contribution in [3.05, 3.63) is 58.6 Å². The van der Waals surface area contributed by atoms with Crippen LogP contribution in [-0.2, 0) is 21.2 Å². The summed E-state index contributed by atoms with van der Waals surface area (Å²) < 4.78 is 33.4. The van der Waals surface area contributed by atoms with Gasteiger partial charge in [-0.3, -0.25) is 9.10 Å². The maximum atomic E-state index is 13.2. The smallest absolute Gasteiger partial charge is 0.265 e. The number of ether oxygens (including phenoxy) is 1. The lowest BCUT2D eigenvalue weighted by Gasteiger charge is -2.20. The van der Waals surface area contributed by atoms with Gasteiger partial charge in [-0.15, -0.1) is 0 Å². The highest BCUT2D eigenvalue weighted by molar-refractivity contribution is 7.93. The van der Waals surface area contributed by atoms with E-state index in [4.69, 9.17) is 16.3 Å². The van der Waals surface area contributed by atoms with Gasteiger partial charge in [-0.2, -0.15) is 0 Å². The van der Waals surface area contributed by atoms with E-state index in [1.165, 1.54) is 22.5 Å². The zero-order valence-electron chi connectivity index (χ0n) is 15.2. The molecule has 0 aromatic heterocycles.